The van der Waals surface area contributed by atoms with E-state index in [4.69, 9.17) is 5.26 Å². The fraction of sp³-hybridized carbons (Fsp3) is 0.400. The van der Waals surface area contributed by atoms with Gasteiger partial charge in [0.15, 0.2) is 0 Å². The van der Waals surface area contributed by atoms with Crippen LogP contribution in [0.2, 0.25) is 0 Å². The molecule has 2 fully saturated rings. The number of hydrogen-bond acceptors (Lipinski definition) is 6. The van der Waals surface area contributed by atoms with Gasteiger partial charge in [0.25, 0.3) is 5.91 Å². The number of amides is 2. The van der Waals surface area contributed by atoms with Gasteiger partial charge >= 0.3 is 6.18 Å². The number of hydrogen-bond donors (Lipinski definition) is 2. The Hall–Kier alpha value is -3.47. The molecule has 2 N–H and O–H groups in total. The first-order chi connectivity index (χ1) is 18.0. The van der Waals surface area contributed by atoms with Crippen LogP contribution in [-0.2, 0) is 21.0 Å². The SMILES string of the molecule is N#CC1CN(S(=O)(=O)c2cccc(C(=O)N3CCC[C@@H]3C(=O)N[C@H](CO)c3ccc(C(F)(F)F)cc3)c2)C1. The fourth-order valence-electron chi connectivity index (χ4n) is 4.51. The Morgan fingerprint density at radius 2 is 1.84 bits per heavy atom. The Labute approximate surface area is 217 Å². The third-order valence-electron chi connectivity index (χ3n) is 6.71. The van der Waals surface area contributed by atoms with Crippen LogP contribution in [0.25, 0.3) is 0 Å². The molecule has 2 saturated heterocycles. The normalized spacial score (nSPS) is 19.4. The van der Waals surface area contributed by atoms with Crippen LogP contribution in [0, 0.1) is 17.2 Å². The third kappa shape index (κ3) is 5.52. The van der Waals surface area contributed by atoms with Crippen molar-refractivity contribution in [2.75, 3.05) is 26.2 Å². The first kappa shape index (κ1) is 27.6. The summed E-state index contributed by atoms with van der Waals surface area (Å²) in [5, 5.41) is 21.3. The Morgan fingerprint density at radius 1 is 1.16 bits per heavy atom. The summed E-state index contributed by atoms with van der Waals surface area (Å²) in [7, 11) is -3.88. The summed E-state index contributed by atoms with van der Waals surface area (Å²) >= 11 is 0. The Balaban J connectivity index is 1.47. The molecule has 38 heavy (non-hydrogen) atoms. The first-order valence-electron chi connectivity index (χ1n) is 11.8. The second kappa shape index (κ2) is 10.7. The summed E-state index contributed by atoms with van der Waals surface area (Å²) in [5.74, 6) is -1.50. The lowest BCUT2D eigenvalue weighted by atomic mass is 10.0. The molecule has 2 amide bonds. The lowest BCUT2D eigenvalue weighted by Crippen LogP contribution is -2.49. The minimum Gasteiger partial charge on any atom is -0.394 e. The average molecular weight is 551 g/mol. The molecule has 0 spiro atoms. The molecular formula is C25H25F3N4O5S. The smallest absolute Gasteiger partial charge is 0.394 e. The maximum atomic E-state index is 13.3. The van der Waals surface area contributed by atoms with Crippen molar-refractivity contribution in [1.82, 2.24) is 14.5 Å². The molecule has 0 aliphatic carbocycles. The highest BCUT2D eigenvalue weighted by Crippen LogP contribution is 2.30. The lowest BCUT2D eigenvalue weighted by molar-refractivity contribution is -0.137. The number of carbonyl (C=O) groups is 2. The minimum absolute atomic E-state index is 0.0737. The van der Waals surface area contributed by atoms with Crippen molar-refractivity contribution in [3.05, 3.63) is 65.2 Å². The van der Waals surface area contributed by atoms with Crippen molar-refractivity contribution in [3.63, 3.8) is 0 Å². The van der Waals surface area contributed by atoms with Crippen molar-refractivity contribution in [3.8, 4) is 6.07 Å². The molecule has 0 saturated carbocycles. The molecule has 0 unspecified atom stereocenters. The van der Waals surface area contributed by atoms with Gasteiger partial charge in [-0.25, -0.2) is 8.42 Å². The number of rotatable bonds is 7. The van der Waals surface area contributed by atoms with E-state index in [2.05, 4.69) is 5.32 Å². The van der Waals surface area contributed by atoms with E-state index in [1.54, 1.807) is 0 Å². The van der Waals surface area contributed by atoms with E-state index in [9.17, 15) is 36.3 Å². The van der Waals surface area contributed by atoms with E-state index >= 15 is 0 Å². The van der Waals surface area contributed by atoms with Gasteiger partial charge in [0.2, 0.25) is 15.9 Å². The van der Waals surface area contributed by atoms with Crippen molar-refractivity contribution in [2.24, 2.45) is 5.92 Å². The summed E-state index contributed by atoms with van der Waals surface area (Å²) in [4.78, 5) is 27.6. The molecule has 4 rings (SSSR count). The number of nitriles is 1. The highest BCUT2D eigenvalue weighted by Gasteiger charge is 2.39. The lowest BCUT2D eigenvalue weighted by Gasteiger charge is -2.34. The molecule has 2 aromatic rings. The summed E-state index contributed by atoms with van der Waals surface area (Å²) in [5.41, 5.74) is -0.517. The van der Waals surface area contributed by atoms with E-state index in [1.807, 2.05) is 6.07 Å². The van der Waals surface area contributed by atoms with Crippen LogP contribution >= 0.6 is 0 Å². The number of alkyl halides is 3. The summed E-state index contributed by atoms with van der Waals surface area (Å²) < 4.78 is 65.4. The topological polar surface area (TPSA) is 131 Å². The number of benzene rings is 2. The molecule has 0 aromatic heterocycles. The standard InChI is InChI=1S/C25H25F3N4O5S/c26-25(27,28)19-8-6-17(7-9-19)21(15-33)30-23(34)22-5-2-10-32(22)24(35)18-3-1-4-20(11-18)38(36,37)31-13-16(12-29)14-31/h1,3-4,6-9,11,16,21-22,33H,2,5,10,13-15H2,(H,30,34)/t21-,22-/m1/s1. The van der Waals surface area contributed by atoms with Crippen LogP contribution in [0.4, 0.5) is 13.2 Å². The number of aliphatic hydroxyl groups is 1. The van der Waals surface area contributed by atoms with Gasteiger partial charge in [0.1, 0.15) is 6.04 Å². The van der Waals surface area contributed by atoms with E-state index < -0.39 is 52.3 Å². The zero-order chi connectivity index (χ0) is 27.7. The molecule has 2 aromatic carbocycles. The number of carbonyl (C=O) groups excluding carboxylic acids is 2. The predicted octanol–water partition coefficient (Wildman–Crippen LogP) is 2.30. The molecule has 2 aliphatic heterocycles. The monoisotopic (exact) mass is 550 g/mol. The van der Waals surface area contributed by atoms with Crippen molar-refractivity contribution in [1.29, 1.82) is 5.26 Å². The van der Waals surface area contributed by atoms with Crippen LogP contribution in [0.3, 0.4) is 0 Å². The van der Waals surface area contributed by atoms with E-state index in [0.29, 0.717) is 12.8 Å². The minimum atomic E-state index is -4.52. The molecule has 0 radical (unpaired) electrons. The number of halogens is 3. The summed E-state index contributed by atoms with van der Waals surface area (Å²) in [6, 6.07) is 9.65. The molecule has 2 aliphatic rings. The van der Waals surface area contributed by atoms with Crippen LogP contribution in [0.5, 0.6) is 0 Å². The zero-order valence-corrected chi connectivity index (χ0v) is 20.9. The summed E-state index contributed by atoms with van der Waals surface area (Å²) in [6.07, 6.45) is -3.69. The highest BCUT2D eigenvalue weighted by molar-refractivity contribution is 7.89. The number of nitrogens with zero attached hydrogens (tertiary/aromatic N) is 3. The van der Waals surface area contributed by atoms with Crippen molar-refractivity contribution < 1.29 is 36.3 Å². The molecule has 9 nitrogen and oxygen atoms in total. The summed E-state index contributed by atoms with van der Waals surface area (Å²) in [6.45, 7) is -0.165. The van der Waals surface area contributed by atoms with E-state index in [-0.39, 0.29) is 41.6 Å². The number of sulfonamides is 1. The molecule has 2 heterocycles. The zero-order valence-electron chi connectivity index (χ0n) is 20.1. The van der Waals surface area contributed by atoms with Crippen molar-refractivity contribution >= 4 is 21.8 Å². The largest absolute Gasteiger partial charge is 0.416 e. The average Bonchev–Trinajstić information content (AvgIpc) is 3.36. The Morgan fingerprint density at radius 3 is 2.45 bits per heavy atom. The van der Waals surface area contributed by atoms with E-state index in [1.165, 1.54) is 41.3 Å². The second-order valence-electron chi connectivity index (χ2n) is 9.20. The predicted molar refractivity (Wildman–Crippen MR) is 128 cm³/mol. The van der Waals surface area contributed by atoms with Crippen LogP contribution in [0.15, 0.2) is 53.4 Å². The maximum absolute atomic E-state index is 13.3. The fourth-order valence-corrected chi connectivity index (χ4v) is 6.09. The second-order valence-corrected chi connectivity index (χ2v) is 11.1. The van der Waals surface area contributed by atoms with Gasteiger partial charge in [-0.05, 0) is 48.7 Å². The van der Waals surface area contributed by atoms with Gasteiger partial charge in [0.05, 0.1) is 35.1 Å². The molecule has 2 atom stereocenters. The van der Waals surface area contributed by atoms with Gasteiger partial charge in [0, 0.05) is 25.2 Å². The van der Waals surface area contributed by atoms with Crippen LogP contribution in [-0.4, -0.2) is 66.8 Å². The van der Waals surface area contributed by atoms with E-state index in [0.717, 1.165) is 16.4 Å². The first-order valence-corrected chi connectivity index (χ1v) is 13.3. The van der Waals surface area contributed by atoms with Gasteiger partial charge < -0.3 is 15.3 Å². The van der Waals surface area contributed by atoms with Crippen LogP contribution in [0.1, 0.15) is 40.4 Å². The van der Waals surface area contributed by atoms with Crippen molar-refractivity contribution in [2.45, 2.75) is 36.0 Å². The molecule has 0 bridgehead atoms. The van der Waals surface area contributed by atoms with Gasteiger partial charge in [-0.3, -0.25) is 9.59 Å². The highest BCUT2D eigenvalue weighted by atomic mass is 32.2. The third-order valence-corrected chi connectivity index (χ3v) is 8.53. The van der Waals surface area contributed by atoms with Crippen LogP contribution < -0.4 is 5.32 Å². The Kier molecular flexibility index (Phi) is 7.78. The molecule has 202 valence electrons. The Bertz CT molecular complexity index is 1350. The van der Waals surface area contributed by atoms with Gasteiger partial charge in [-0.1, -0.05) is 18.2 Å². The molecule has 13 heteroatoms. The van der Waals surface area contributed by atoms with Gasteiger partial charge in [-0.15, -0.1) is 0 Å². The maximum Gasteiger partial charge on any atom is 0.416 e. The van der Waals surface area contributed by atoms with Gasteiger partial charge in [-0.2, -0.15) is 22.7 Å². The molecular weight excluding hydrogens is 525 g/mol. The number of aliphatic hydroxyl groups excluding tert-OH is 1. The number of nitrogens with one attached hydrogen (secondary N) is 1. The quantitative estimate of drug-likeness (QED) is 0.544. The number of likely N-dealkylation sites (tertiary alicyclic amines) is 1.